The molecule has 2 rings (SSSR count). The molecule has 0 aromatic carbocycles. The molecule has 2 aliphatic rings. The maximum Gasteiger partial charge on any atom is 0.0722 e. The number of likely N-dealkylation sites (N-methyl/N-ethyl adjacent to an activating group) is 1. The van der Waals surface area contributed by atoms with Crippen molar-refractivity contribution < 1.29 is 9.84 Å². The van der Waals surface area contributed by atoms with Crippen LogP contribution < -0.4 is 0 Å². The average molecular weight is 157 g/mol. The van der Waals surface area contributed by atoms with Crippen LogP contribution in [-0.2, 0) is 4.74 Å². The van der Waals surface area contributed by atoms with Gasteiger partial charge in [0.25, 0.3) is 0 Å². The van der Waals surface area contributed by atoms with E-state index in [1.807, 2.05) is 0 Å². The molecule has 11 heavy (non-hydrogen) atoms. The first-order valence-electron chi connectivity index (χ1n) is 4.28. The van der Waals surface area contributed by atoms with E-state index in [0.29, 0.717) is 6.10 Å². The highest BCUT2D eigenvalue weighted by Gasteiger charge is 2.50. The molecule has 2 saturated heterocycles. The summed E-state index contributed by atoms with van der Waals surface area (Å²) < 4.78 is 5.48. The molecule has 0 radical (unpaired) electrons. The van der Waals surface area contributed by atoms with Crippen LogP contribution in [0.3, 0.4) is 0 Å². The largest absolute Gasteiger partial charge is 0.394 e. The second-order valence-electron chi connectivity index (χ2n) is 3.56. The second-order valence-corrected chi connectivity index (χ2v) is 3.56. The van der Waals surface area contributed by atoms with E-state index in [9.17, 15) is 5.11 Å². The van der Waals surface area contributed by atoms with E-state index in [0.717, 1.165) is 26.1 Å². The molecule has 0 spiro atoms. The van der Waals surface area contributed by atoms with Crippen molar-refractivity contribution in [3.63, 3.8) is 0 Å². The van der Waals surface area contributed by atoms with Crippen molar-refractivity contribution in [3.05, 3.63) is 0 Å². The molecule has 0 aromatic heterocycles. The topological polar surface area (TPSA) is 32.7 Å². The maximum atomic E-state index is 9.22. The molecule has 2 unspecified atom stereocenters. The summed E-state index contributed by atoms with van der Waals surface area (Å²) in [7, 11) is 0. The van der Waals surface area contributed by atoms with Crippen LogP contribution in [-0.4, -0.2) is 48.0 Å². The van der Waals surface area contributed by atoms with Gasteiger partial charge in [-0.25, -0.2) is 0 Å². The summed E-state index contributed by atoms with van der Waals surface area (Å²) in [5.41, 5.74) is -0.0145. The van der Waals surface area contributed by atoms with Crippen LogP contribution in [0.15, 0.2) is 0 Å². The minimum Gasteiger partial charge on any atom is -0.394 e. The zero-order valence-corrected chi connectivity index (χ0v) is 6.92. The van der Waals surface area contributed by atoms with Gasteiger partial charge in [0.2, 0.25) is 0 Å². The lowest BCUT2D eigenvalue weighted by molar-refractivity contribution is -0.0287. The summed E-state index contributed by atoms with van der Waals surface area (Å²) in [6, 6.07) is 0. The van der Waals surface area contributed by atoms with Crippen LogP contribution >= 0.6 is 0 Å². The highest BCUT2D eigenvalue weighted by atomic mass is 16.5. The Morgan fingerprint density at radius 1 is 1.73 bits per heavy atom. The van der Waals surface area contributed by atoms with Crippen LogP contribution in [0, 0.1) is 0 Å². The Balaban J connectivity index is 2.15. The fourth-order valence-electron chi connectivity index (χ4n) is 2.27. The van der Waals surface area contributed by atoms with Gasteiger partial charge in [-0.05, 0) is 13.0 Å². The molecule has 0 aliphatic carbocycles. The number of likely N-dealkylation sites (tertiary alicyclic amines) is 1. The number of nitrogens with zero attached hydrogens (tertiary/aromatic N) is 1. The summed E-state index contributed by atoms with van der Waals surface area (Å²) in [4.78, 5) is 2.33. The van der Waals surface area contributed by atoms with Gasteiger partial charge < -0.3 is 9.84 Å². The molecule has 3 heteroatoms. The van der Waals surface area contributed by atoms with Gasteiger partial charge in [-0.1, -0.05) is 6.92 Å². The van der Waals surface area contributed by atoms with Crippen molar-refractivity contribution in [3.8, 4) is 0 Å². The van der Waals surface area contributed by atoms with Gasteiger partial charge in [0.15, 0.2) is 0 Å². The summed E-state index contributed by atoms with van der Waals surface area (Å²) >= 11 is 0. The highest BCUT2D eigenvalue weighted by Crippen LogP contribution is 2.37. The van der Waals surface area contributed by atoms with E-state index >= 15 is 0 Å². The Morgan fingerprint density at radius 2 is 2.55 bits per heavy atom. The average Bonchev–Trinajstić information content (AvgIpc) is 2.60. The number of ether oxygens (including phenoxy) is 1. The second kappa shape index (κ2) is 2.44. The molecule has 0 amide bonds. The van der Waals surface area contributed by atoms with Crippen LogP contribution in [0.5, 0.6) is 0 Å². The number of aliphatic hydroxyl groups is 1. The lowest BCUT2D eigenvalue weighted by Gasteiger charge is -2.35. The van der Waals surface area contributed by atoms with Gasteiger partial charge in [0, 0.05) is 6.54 Å². The maximum absolute atomic E-state index is 9.22. The van der Waals surface area contributed by atoms with Crippen molar-refractivity contribution in [2.45, 2.75) is 25.0 Å². The van der Waals surface area contributed by atoms with E-state index in [1.54, 1.807) is 0 Å². The lowest BCUT2D eigenvalue weighted by atomic mass is 10.0. The fraction of sp³-hybridized carbons (Fsp3) is 1.00. The lowest BCUT2D eigenvalue weighted by Crippen LogP contribution is -2.50. The molecule has 0 aromatic rings. The van der Waals surface area contributed by atoms with Crippen molar-refractivity contribution in [2.24, 2.45) is 0 Å². The number of morpholine rings is 1. The van der Waals surface area contributed by atoms with Gasteiger partial charge in [-0.15, -0.1) is 0 Å². The number of rotatable bonds is 2. The van der Waals surface area contributed by atoms with Crippen LogP contribution in [0.1, 0.15) is 13.3 Å². The van der Waals surface area contributed by atoms with E-state index in [2.05, 4.69) is 11.8 Å². The predicted octanol–water partition coefficient (Wildman–Crippen LogP) is -0.158. The third kappa shape index (κ3) is 0.916. The molecule has 2 atom stereocenters. The SMILES string of the molecule is CCN1CC2CC1(CO)CO2. The molecule has 2 bridgehead atoms. The van der Waals surface area contributed by atoms with Crippen LogP contribution in [0.2, 0.25) is 0 Å². The molecule has 2 aliphatic heterocycles. The minimum atomic E-state index is -0.0145. The van der Waals surface area contributed by atoms with Crippen molar-refractivity contribution in [1.82, 2.24) is 4.90 Å². The summed E-state index contributed by atoms with van der Waals surface area (Å²) in [6.45, 7) is 5.15. The fourth-order valence-corrected chi connectivity index (χ4v) is 2.27. The molecular formula is C8H15NO2. The van der Waals surface area contributed by atoms with Crippen molar-refractivity contribution in [2.75, 3.05) is 26.3 Å². The van der Waals surface area contributed by atoms with E-state index in [-0.39, 0.29) is 12.1 Å². The smallest absolute Gasteiger partial charge is 0.0722 e. The summed E-state index contributed by atoms with van der Waals surface area (Å²) in [5.74, 6) is 0. The van der Waals surface area contributed by atoms with Gasteiger partial charge >= 0.3 is 0 Å². The molecule has 1 N–H and O–H groups in total. The van der Waals surface area contributed by atoms with Crippen LogP contribution in [0.4, 0.5) is 0 Å². The van der Waals surface area contributed by atoms with Crippen molar-refractivity contribution in [1.29, 1.82) is 0 Å². The molecule has 3 nitrogen and oxygen atoms in total. The number of fused-ring (bicyclic) bond motifs is 2. The Labute approximate surface area is 66.9 Å². The predicted molar refractivity (Wildman–Crippen MR) is 41.4 cm³/mol. The summed E-state index contributed by atoms with van der Waals surface area (Å²) in [6.07, 6.45) is 1.42. The van der Waals surface area contributed by atoms with Gasteiger partial charge in [-0.2, -0.15) is 0 Å². The van der Waals surface area contributed by atoms with Gasteiger partial charge in [0.1, 0.15) is 0 Å². The molecule has 2 fully saturated rings. The Bertz CT molecular complexity index is 162. The normalized spacial score (nSPS) is 43.6. The van der Waals surface area contributed by atoms with Crippen molar-refractivity contribution >= 4 is 0 Å². The Kier molecular flexibility index (Phi) is 1.67. The molecule has 2 heterocycles. The zero-order chi connectivity index (χ0) is 7.90. The van der Waals surface area contributed by atoms with Gasteiger partial charge in [0.05, 0.1) is 24.9 Å². The Hall–Kier alpha value is -0.120. The first-order valence-corrected chi connectivity index (χ1v) is 4.28. The quantitative estimate of drug-likeness (QED) is 0.604. The third-order valence-corrected chi connectivity index (χ3v) is 2.97. The minimum absolute atomic E-state index is 0.0145. The summed E-state index contributed by atoms with van der Waals surface area (Å²) in [5, 5.41) is 9.22. The van der Waals surface area contributed by atoms with E-state index in [1.165, 1.54) is 0 Å². The zero-order valence-electron chi connectivity index (χ0n) is 6.92. The molecular weight excluding hydrogens is 142 g/mol. The van der Waals surface area contributed by atoms with Crippen LogP contribution in [0.25, 0.3) is 0 Å². The number of aliphatic hydroxyl groups excluding tert-OH is 1. The van der Waals surface area contributed by atoms with Gasteiger partial charge in [-0.3, -0.25) is 4.90 Å². The first kappa shape index (κ1) is 7.53. The highest BCUT2D eigenvalue weighted by molar-refractivity contribution is 5.04. The Morgan fingerprint density at radius 3 is 3.00 bits per heavy atom. The molecule has 64 valence electrons. The standard InChI is InChI=1S/C8H15NO2/c1-2-9-4-7-3-8(9,5-10)6-11-7/h7,10H,2-6H2,1H3. The third-order valence-electron chi connectivity index (χ3n) is 2.97. The number of hydrogen-bond acceptors (Lipinski definition) is 3. The van der Waals surface area contributed by atoms with E-state index in [4.69, 9.17) is 4.74 Å². The number of hydrogen-bond donors (Lipinski definition) is 1. The van der Waals surface area contributed by atoms with E-state index < -0.39 is 0 Å². The first-order chi connectivity index (χ1) is 5.30. The molecule has 0 saturated carbocycles. The monoisotopic (exact) mass is 157 g/mol.